The van der Waals surface area contributed by atoms with Gasteiger partial charge in [0.2, 0.25) is 0 Å². The van der Waals surface area contributed by atoms with E-state index in [1.807, 2.05) is 19.1 Å². The summed E-state index contributed by atoms with van der Waals surface area (Å²) in [6, 6.07) is 6.06. The SMILES string of the molecule is CCC[C@@H](NC(=O)NCCc1ccc(Cl)cc1)C(=O)O. The van der Waals surface area contributed by atoms with E-state index in [1.54, 1.807) is 12.1 Å². The number of hydrogen-bond donors (Lipinski definition) is 3. The molecule has 2 amide bonds. The average Bonchev–Trinajstić information content (AvgIpc) is 2.40. The van der Waals surface area contributed by atoms with E-state index in [2.05, 4.69) is 10.6 Å². The van der Waals surface area contributed by atoms with Crippen LogP contribution in [-0.2, 0) is 11.2 Å². The van der Waals surface area contributed by atoms with E-state index in [9.17, 15) is 9.59 Å². The maximum atomic E-state index is 11.6. The zero-order chi connectivity index (χ0) is 15.0. The lowest BCUT2D eigenvalue weighted by Crippen LogP contribution is -2.46. The van der Waals surface area contributed by atoms with Crippen molar-refractivity contribution in [1.82, 2.24) is 10.6 Å². The second kappa shape index (κ2) is 8.43. The molecular weight excluding hydrogens is 280 g/mol. The monoisotopic (exact) mass is 298 g/mol. The van der Waals surface area contributed by atoms with Crippen molar-refractivity contribution < 1.29 is 14.7 Å². The fourth-order valence-corrected chi connectivity index (χ4v) is 1.85. The number of carboxylic acid groups (broad SMARTS) is 1. The van der Waals surface area contributed by atoms with Crippen molar-refractivity contribution in [2.24, 2.45) is 0 Å². The molecule has 0 heterocycles. The molecule has 1 aromatic rings. The normalized spacial score (nSPS) is 11.7. The molecule has 1 rings (SSSR count). The van der Waals surface area contributed by atoms with Gasteiger partial charge in [-0.2, -0.15) is 0 Å². The van der Waals surface area contributed by atoms with Gasteiger partial charge in [0, 0.05) is 11.6 Å². The number of carbonyl (C=O) groups excluding carboxylic acids is 1. The Morgan fingerprint density at radius 2 is 1.95 bits per heavy atom. The third-order valence-corrected chi connectivity index (χ3v) is 3.05. The standard InChI is InChI=1S/C14H19ClN2O3/c1-2-3-12(13(18)19)17-14(20)16-9-8-10-4-6-11(15)7-5-10/h4-7,12H,2-3,8-9H2,1H3,(H,18,19)(H2,16,17,20)/t12-/m1/s1. The van der Waals surface area contributed by atoms with Crippen LogP contribution >= 0.6 is 11.6 Å². The van der Waals surface area contributed by atoms with E-state index >= 15 is 0 Å². The molecule has 0 saturated carbocycles. The van der Waals surface area contributed by atoms with Gasteiger partial charge in [0.05, 0.1) is 0 Å². The highest BCUT2D eigenvalue weighted by Gasteiger charge is 2.18. The molecular formula is C14H19ClN2O3. The number of urea groups is 1. The largest absolute Gasteiger partial charge is 0.480 e. The van der Waals surface area contributed by atoms with Gasteiger partial charge in [0.25, 0.3) is 0 Å². The first-order valence-corrected chi connectivity index (χ1v) is 6.92. The van der Waals surface area contributed by atoms with Gasteiger partial charge in [-0.15, -0.1) is 0 Å². The molecule has 0 aliphatic rings. The Kier molecular flexibility index (Phi) is 6.87. The minimum absolute atomic E-state index is 0.417. The lowest BCUT2D eigenvalue weighted by Gasteiger charge is -2.14. The molecule has 0 radical (unpaired) electrons. The summed E-state index contributed by atoms with van der Waals surface area (Å²) >= 11 is 5.78. The zero-order valence-corrected chi connectivity index (χ0v) is 12.1. The first-order chi connectivity index (χ1) is 9.52. The van der Waals surface area contributed by atoms with Gasteiger partial charge in [-0.05, 0) is 30.5 Å². The van der Waals surface area contributed by atoms with Gasteiger partial charge in [-0.1, -0.05) is 37.1 Å². The second-order valence-corrected chi connectivity index (χ2v) is 4.89. The maximum Gasteiger partial charge on any atom is 0.326 e. The summed E-state index contributed by atoms with van der Waals surface area (Å²) in [5.41, 5.74) is 1.05. The minimum atomic E-state index is -1.01. The molecule has 20 heavy (non-hydrogen) atoms. The van der Waals surface area contributed by atoms with E-state index in [0.717, 1.165) is 5.56 Å². The summed E-state index contributed by atoms with van der Waals surface area (Å²) in [6.45, 7) is 2.31. The number of hydrogen-bond acceptors (Lipinski definition) is 2. The zero-order valence-electron chi connectivity index (χ0n) is 11.4. The first-order valence-electron chi connectivity index (χ1n) is 6.54. The minimum Gasteiger partial charge on any atom is -0.480 e. The molecule has 1 atom stereocenters. The molecule has 0 aliphatic heterocycles. The van der Waals surface area contributed by atoms with Crippen molar-refractivity contribution in [2.75, 3.05) is 6.54 Å². The van der Waals surface area contributed by atoms with E-state index in [0.29, 0.717) is 30.8 Å². The van der Waals surface area contributed by atoms with Crippen molar-refractivity contribution in [3.05, 3.63) is 34.9 Å². The Morgan fingerprint density at radius 1 is 1.30 bits per heavy atom. The van der Waals surface area contributed by atoms with Gasteiger partial charge in [0.15, 0.2) is 0 Å². The van der Waals surface area contributed by atoms with Crippen LogP contribution in [0.1, 0.15) is 25.3 Å². The fourth-order valence-electron chi connectivity index (χ4n) is 1.73. The molecule has 0 unspecified atom stereocenters. The summed E-state index contributed by atoms with van der Waals surface area (Å²) in [5, 5.41) is 14.7. The van der Waals surface area contributed by atoms with Crippen LogP contribution in [0.15, 0.2) is 24.3 Å². The summed E-state index contributed by atoms with van der Waals surface area (Å²) in [7, 11) is 0. The highest BCUT2D eigenvalue weighted by molar-refractivity contribution is 6.30. The number of carbonyl (C=O) groups is 2. The average molecular weight is 299 g/mol. The lowest BCUT2D eigenvalue weighted by atomic mass is 10.1. The first kappa shape index (κ1) is 16.3. The van der Waals surface area contributed by atoms with Crippen molar-refractivity contribution in [1.29, 1.82) is 0 Å². The molecule has 0 spiro atoms. The number of nitrogens with one attached hydrogen (secondary N) is 2. The van der Waals surface area contributed by atoms with Crippen molar-refractivity contribution in [3.8, 4) is 0 Å². The molecule has 0 bridgehead atoms. The Hall–Kier alpha value is -1.75. The molecule has 0 aromatic heterocycles. The number of halogens is 1. The van der Waals surface area contributed by atoms with Crippen LogP contribution in [0, 0.1) is 0 Å². The predicted octanol–water partition coefficient (Wildman–Crippen LogP) is 2.43. The molecule has 1 aromatic carbocycles. The van der Waals surface area contributed by atoms with Crippen LogP contribution in [0.3, 0.4) is 0 Å². The van der Waals surface area contributed by atoms with Crippen LogP contribution in [0.2, 0.25) is 5.02 Å². The van der Waals surface area contributed by atoms with Gasteiger partial charge >= 0.3 is 12.0 Å². The highest BCUT2D eigenvalue weighted by atomic mass is 35.5. The number of amides is 2. The highest BCUT2D eigenvalue weighted by Crippen LogP contribution is 2.09. The van der Waals surface area contributed by atoms with E-state index in [4.69, 9.17) is 16.7 Å². The van der Waals surface area contributed by atoms with Gasteiger partial charge in [-0.3, -0.25) is 0 Å². The predicted molar refractivity (Wildman–Crippen MR) is 78.0 cm³/mol. The van der Waals surface area contributed by atoms with Crippen LogP contribution in [-0.4, -0.2) is 29.7 Å². The van der Waals surface area contributed by atoms with Crippen LogP contribution < -0.4 is 10.6 Å². The van der Waals surface area contributed by atoms with Crippen molar-refractivity contribution >= 4 is 23.6 Å². The van der Waals surface area contributed by atoms with E-state index in [1.165, 1.54) is 0 Å². The lowest BCUT2D eigenvalue weighted by molar-refractivity contribution is -0.139. The molecule has 0 saturated heterocycles. The topological polar surface area (TPSA) is 78.4 Å². The Balaban J connectivity index is 2.32. The van der Waals surface area contributed by atoms with Gasteiger partial charge in [0.1, 0.15) is 6.04 Å². The summed E-state index contributed by atoms with van der Waals surface area (Å²) < 4.78 is 0. The Bertz CT molecular complexity index is 448. The second-order valence-electron chi connectivity index (χ2n) is 4.46. The number of aliphatic carboxylic acids is 1. The molecule has 5 nitrogen and oxygen atoms in total. The number of benzene rings is 1. The number of rotatable bonds is 7. The summed E-state index contributed by atoms with van der Waals surface area (Å²) in [4.78, 5) is 22.5. The quantitative estimate of drug-likeness (QED) is 0.723. The number of carboxylic acids is 1. The van der Waals surface area contributed by atoms with Gasteiger partial charge < -0.3 is 15.7 Å². The molecule has 6 heteroatoms. The maximum absolute atomic E-state index is 11.6. The third kappa shape index (κ3) is 5.93. The Labute approximate surface area is 123 Å². The molecule has 110 valence electrons. The van der Waals surface area contributed by atoms with Crippen molar-refractivity contribution in [3.63, 3.8) is 0 Å². The van der Waals surface area contributed by atoms with E-state index in [-0.39, 0.29) is 0 Å². The van der Waals surface area contributed by atoms with Gasteiger partial charge in [-0.25, -0.2) is 9.59 Å². The summed E-state index contributed by atoms with van der Waals surface area (Å²) in [6.07, 6.45) is 1.78. The van der Waals surface area contributed by atoms with E-state index < -0.39 is 18.0 Å². The van der Waals surface area contributed by atoms with Crippen LogP contribution in [0.4, 0.5) is 4.79 Å². The smallest absolute Gasteiger partial charge is 0.326 e. The molecule has 0 aliphatic carbocycles. The van der Waals surface area contributed by atoms with Crippen LogP contribution in [0.25, 0.3) is 0 Å². The third-order valence-electron chi connectivity index (χ3n) is 2.79. The fraction of sp³-hybridized carbons (Fsp3) is 0.429. The molecule has 0 fully saturated rings. The Morgan fingerprint density at radius 3 is 2.50 bits per heavy atom. The molecule has 3 N–H and O–H groups in total. The van der Waals surface area contributed by atoms with Crippen molar-refractivity contribution in [2.45, 2.75) is 32.2 Å². The summed E-state index contributed by atoms with van der Waals surface area (Å²) in [5.74, 6) is -1.01. The van der Waals surface area contributed by atoms with Crippen LogP contribution in [0.5, 0.6) is 0 Å².